The molecule has 0 radical (unpaired) electrons. The van der Waals surface area contributed by atoms with Crippen LogP contribution in [0, 0.1) is 34.5 Å². The minimum Gasteiger partial charge on any atom is -0.458 e. The third-order valence-corrected chi connectivity index (χ3v) is 16.3. The molecule has 0 spiro atoms. The quantitative estimate of drug-likeness (QED) is 0.0653. The number of carbonyl (C=O) groups excluding carboxylic acids is 2. The fraction of sp³-hybridized carbons (Fsp3) is 0.907. The molecule has 8 aliphatic rings. The zero-order chi connectivity index (χ0) is 43.8. The van der Waals surface area contributed by atoms with Crippen molar-refractivity contribution in [2.75, 3.05) is 26.9 Å². The van der Waals surface area contributed by atoms with Crippen LogP contribution < -0.4 is 0 Å². The fourth-order valence-electron chi connectivity index (χ4n) is 12.9. The Morgan fingerprint density at radius 1 is 0.774 bits per heavy atom. The molecule has 0 aromatic heterocycles. The van der Waals surface area contributed by atoms with Crippen LogP contribution in [0.15, 0.2) is 11.6 Å². The Kier molecular flexibility index (Phi) is 14.4. The van der Waals surface area contributed by atoms with Crippen LogP contribution >= 0.6 is 0 Å². The molecule has 7 fully saturated rings. The van der Waals surface area contributed by atoms with Gasteiger partial charge in [-0.3, -0.25) is 0 Å². The van der Waals surface area contributed by atoms with Gasteiger partial charge >= 0.3 is 5.97 Å². The molecule has 0 aromatic carbocycles. The van der Waals surface area contributed by atoms with Gasteiger partial charge in [0.05, 0.1) is 31.0 Å². The van der Waals surface area contributed by atoms with E-state index in [1.807, 2.05) is 0 Å². The zero-order valence-corrected chi connectivity index (χ0v) is 34.8. The van der Waals surface area contributed by atoms with Crippen LogP contribution in [-0.2, 0) is 47.5 Å². The minimum atomic E-state index is -1.79. The molecular formula is C43H68O19. The van der Waals surface area contributed by atoms with E-state index in [0.717, 1.165) is 44.0 Å². The van der Waals surface area contributed by atoms with Gasteiger partial charge in [-0.1, -0.05) is 14.4 Å². The number of aldehydes is 1. The van der Waals surface area contributed by atoms with E-state index in [-0.39, 0.29) is 49.8 Å². The molecule has 19 nitrogen and oxygen atoms in total. The highest BCUT2D eigenvalue weighted by Gasteiger charge is 2.69. The summed E-state index contributed by atoms with van der Waals surface area (Å²) in [7, 11) is 1.36. The van der Waals surface area contributed by atoms with E-state index in [1.54, 1.807) is 13.0 Å². The van der Waals surface area contributed by atoms with E-state index in [1.165, 1.54) is 7.11 Å². The molecule has 8 rings (SSSR count). The summed E-state index contributed by atoms with van der Waals surface area (Å²) in [5.41, 5.74) is -1.07. The smallest absolute Gasteiger partial charge is 0.331 e. The van der Waals surface area contributed by atoms with Crippen molar-refractivity contribution in [3.63, 3.8) is 0 Å². The minimum absolute atomic E-state index is 0. The number of cyclic esters (lactones) is 1. The lowest BCUT2D eigenvalue weighted by molar-refractivity contribution is -0.367. The van der Waals surface area contributed by atoms with Gasteiger partial charge in [-0.2, -0.15) is 0 Å². The van der Waals surface area contributed by atoms with Gasteiger partial charge in [0.1, 0.15) is 80.0 Å². The highest BCUT2D eigenvalue weighted by atomic mass is 16.8. The largest absolute Gasteiger partial charge is 0.458 e. The highest BCUT2D eigenvalue weighted by molar-refractivity contribution is 5.85. The van der Waals surface area contributed by atoms with Crippen molar-refractivity contribution >= 4 is 12.3 Å². The van der Waals surface area contributed by atoms with E-state index in [0.29, 0.717) is 25.7 Å². The summed E-state index contributed by atoms with van der Waals surface area (Å²) < 4.78 is 46.4. The van der Waals surface area contributed by atoms with Gasteiger partial charge in [-0.25, -0.2) is 4.79 Å². The molecule has 62 heavy (non-hydrogen) atoms. The first-order chi connectivity index (χ1) is 29.0. The van der Waals surface area contributed by atoms with Crippen LogP contribution in [0.5, 0.6) is 0 Å². The Morgan fingerprint density at radius 2 is 1.45 bits per heavy atom. The van der Waals surface area contributed by atoms with Crippen molar-refractivity contribution in [3.05, 3.63) is 11.6 Å². The van der Waals surface area contributed by atoms with Crippen molar-refractivity contribution < 1.29 is 93.4 Å². The molecule has 4 aliphatic carbocycles. The molecule has 4 saturated carbocycles. The molecule has 3 saturated heterocycles. The molecule has 4 aliphatic heterocycles. The number of hydrogen-bond acceptors (Lipinski definition) is 19. The average molecular weight is 889 g/mol. The van der Waals surface area contributed by atoms with E-state index < -0.39 is 122 Å². The molecule has 0 aromatic rings. The predicted molar refractivity (Wildman–Crippen MR) is 210 cm³/mol. The predicted octanol–water partition coefficient (Wildman–Crippen LogP) is -1.43. The van der Waals surface area contributed by atoms with Crippen LogP contribution in [0.2, 0.25) is 0 Å². The maximum atomic E-state index is 13.3. The fourth-order valence-corrected chi connectivity index (χ4v) is 12.9. The molecule has 354 valence electrons. The second-order valence-corrected chi connectivity index (χ2v) is 19.1. The van der Waals surface area contributed by atoms with Crippen LogP contribution in [0.1, 0.15) is 79.1 Å². The SMILES string of the molecule is C.CO[C@H]1[C@H](O)[C@H](O[C@H]2CC[C@]3(C=O)C4CC[C@]5(C)C(C6=CC(=O)OC6)CC[C@]5(O)C4CC[C@@H]3C2)O[C@@H](C)[C@@H]1O[C@@H]1O[C@H](CO[C@@H]2O[C@H](CO)[C@@H](O)[C@H](O)[C@H]2O)[C@@H](O)[C@H](O)[C@H]1O. The molecule has 0 bridgehead atoms. The van der Waals surface area contributed by atoms with Gasteiger partial charge in [0.25, 0.3) is 0 Å². The van der Waals surface area contributed by atoms with Gasteiger partial charge < -0.3 is 88.6 Å². The second-order valence-electron chi connectivity index (χ2n) is 19.1. The van der Waals surface area contributed by atoms with E-state index in [9.17, 15) is 55.5 Å². The summed E-state index contributed by atoms with van der Waals surface area (Å²) >= 11 is 0. The number of ether oxygens (including phenoxy) is 8. The zero-order valence-electron chi connectivity index (χ0n) is 34.8. The Labute approximate surface area is 361 Å². The van der Waals surface area contributed by atoms with Crippen molar-refractivity contribution in [1.29, 1.82) is 0 Å². The first-order valence-electron chi connectivity index (χ1n) is 21.9. The lowest BCUT2D eigenvalue weighted by atomic mass is 9.43. The number of aliphatic hydroxyl groups excluding tert-OH is 8. The second kappa shape index (κ2) is 18.5. The van der Waals surface area contributed by atoms with Crippen molar-refractivity contribution in [2.45, 2.75) is 183 Å². The lowest BCUT2D eigenvalue weighted by Gasteiger charge is -2.63. The van der Waals surface area contributed by atoms with Gasteiger partial charge in [0.15, 0.2) is 18.9 Å². The highest BCUT2D eigenvalue weighted by Crippen LogP contribution is 2.69. The van der Waals surface area contributed by atoms with Crippen molar-refractivity contribution in [2.24, 2.45) is 34.5 Å². The summed E-state index contributed by atoms with van der Waals surface area (Å²) in [5, 5.41) is 96.6. The maximum absolute atomic E-state index is 13.3. The molecular weight excluding hydrogens is 820 g/mol. The maximum Gasteiger partial charge on any atom is 0.331 e. The van der Waals surface area contributed by atoms with Gasteiger partial charge in [0.2, 0.25) is 0 Å². The Morgan fingerprint density at radius 3 is 2.11 bits per heavy atom. The van der Waals surface area contributed by atoms with E-state index in [2.05, 4.69) is 6.92 Å². The first kappa shape index (κ1) is 48.2. The number of hydrogen-bond donors (Lipinski definition) is 9. The monoisotopic (exact) mass is 888 g/mol. The van der Waals surface area contributed by atoms with Gasteiger partial charge in [-0.15, -0.1) is 0 Å². The number of rotatable bonds is 11. The van der Waals surface area contributed by atoms with Crippen molar-refractivity contribution in [1.82, 2.24) is 0 Å². The normalized spacial score (nSPS) is 52.8. The molecule has 19 heteroatoms. The van der Waals surface area contributed by atoms with Crippen LogP contribution in [-0.4, -0.2) is 189 Å². The number of aliphatic hydroxyl groups is 9. The molecule has 23 atom stereocenters. The molecule has 9 N–H and O–H groups in total. The van der Waals surface area contributed by atoms with Gasteiger partial charge in [-0.05, 0) is 94.0 Å². The number of methoxy groups -OCH3 is 1. The molecule has 4 heterocycles. The summed E-state index contributed by atoms with van der Waals surface area (Å²) in [6, 6.07) is 0. The van der Waals surface area contributed by atoms with Gasteiger partial charge in [0, 0.05) is 24.0 Å². The van der Waals surface area contributed by atoms with E-state index in [4.69, 9.17) is 37.9 Å². The number of esters is 1. The number of carbonyl (C=O) groups is 2. The van der Waals surface area contributed by atoms with E-state index >= 15 is 0 Å². The Balaban J connectivity index is 0.00000578. The average Bonchev–Trinajstić information content (AvgIpc) is 3.80. The summed E-state index contributed by atoms with van der Waals surface area (Å²) in [6.07, 6.45) is -13.2. The summed E-state index contributed by atoms with van der Waals surface area (Å²) in [5.74, 6) is -0.343. The summed E-state index contributed by atoms with van der Waals surface area (Å²) in [6.45, 7) is 2.83. The lowest BCUT2D eigenvalue weighted by Crippen LogP contribution is -2.65. The summed E-state index contributed by atoms with van der Waals surface area (Å²) in [4.78, 5) is 25.3. The molecule has 0 amide bonds. The number of fused-ring (bicyclic) bond motifs is 5. The Hall–Kier alpha value is -1.76. The molecule has 3 unspecified atom stereocenters. The first-order valence-corrected chi connectivity index (χ1v) is 21.9. The van der Waals surface area contributed by atoms with Crippen LogP contribution in [0.25, 0.3) is 0 Å². The third-order valence-electron chi connectivity index (χ3n) is 16.3. The third kappa shape index (κ3) is 7.92. The topological polar surface area (TPSA) is 290 Å². The van der Waals surface area contributed by atoms with Crippen molar-refractivity contribution in [3.8, 4) is 0 Å². The Bertz CT molecular complexity index is 1620. The van der Waals surface area contributed by atoms with Crippen LogP contribution in [0.3, 0.4) is 0 Å². The standard InChI is InChI=1S/C42H64O19.CH4/c1-18-35(61-38-33(51)31(49)29(47)26(60-38)16-56-37-32(50)30(48)28(46)25(14-43)59-37)36(54-3)34(52)39(57-18)58-21-6-10-41(17-44)20(13-21)4-5-24-23(41)7-9-40(2)22(8-11-42(24,40)53)19-12-27(45)55-15-19;/h12,17-18,20-26,28-39,43,46-53H,4-11,13-16H2,1-3H3;1H4/t18-,20+,21-,22?,23?,24?,25+,26+,28+,29+,30-,31-,32+,33+,34-,35-,36-,37+,38-,39-,40+,41+,42-;/m0./s1. The van der Waals surface area contributed by atoms with Crippen LogP contribution in [0.4, 0.5) is 0 Å².